The maximum Gasteiger partial charge on any atom is 0.253 e. The van der Waals surface area contributed by atoms with Crippen molar-refractivity contribution in [2.45, 2.75) is 19.4 Å². The number of hydrogen-bond acceptors (Lipinski definition) is 5. The molecule has 2 amide bonds. The van der Waals surface area contributed by atoms with Crippen molar-refractivity contribution in [3.8, 4) is 17.2 Å². The lowest BCUT2D eigenvalue weighted by Gasteiger charge is -2.21. The summed E-state index contributed by atoms with van der Waals surface area (Å²) in [6.45, 7) is 2.82. The average molecular weight is 507 g/mol. The van der Waals surface area contributed by atoms with Crippen molar-refractivity contribution in [2.75, 3.05) is 34.4 Å². The Bertz CT molecular complexity index is 1240. The molecule has 1 heterocycles. The summed E-state index contributed by atoms with van der Waals surface area (Å²) in [5.41, 5.74) is 3.22. The quantitative estimate of drug-likeness (QED) is 0.492. The molecule has 0 radical (unpaired) electrons. The molecule has 1 fully saturated rings. The predicted octanol–water partition coefficient (Wildman–Crippen LogP) is 4.33. The van der Waals surface area contributed by atoms with E-state index in [1.165, 1.54) is 33.5 Å². The lowest BCUT2D eigenvalue weighted by molar-refractivity contribution is -0.125. The number of aryl methyl sites for hydroxylation is 1. The summed E-state index contributed by atoms with van der Waals surface area (Å²) >= 11 is 0. The second-order valence-electron chi connectivity index (χ2n) is 9.09. The van der Waals surface area contributed by atoms with E-state index in [9.17, 15) is 14.0 Å². The fraction of sp³-hybridized carbons (Fsp3) is 0.310. The first-order valence-electron chi connectivity index (χ1n) is 12.0. The Morgan fingerprint density at radius 2 is 1.54 bits per heavy atom. The van der Waals surface area contributed by atoms with Gasteiger partial charge in [-0.1, -0.05) is 29.8 Å². The molecular weight excluding hydrogens is 475 g/mol. The van der Waals surface area contributed by atoms with Gasteiger partial charge in [-0.3, -0.25) is 9.59 Å². The molecule has 3 aromatic carbocycles. The van der Waals surface area contributed by atoms with E-state index in [1.54, 1.807) is 29.2 Å². The molecule has 1 N–H and O–H groups in total. The summed E-state index contributed by atoms with van der Waals surface area (Å²) in [4.78, 5) is 28.5. The second-order valence-corrected chi connectivity index (χ2v) is 9.09. The number of amides is 2. The number of ether oxygens (including phenoxy) is 3. The van der Waals surface area contributed by atoms with Crippen LogP contribution in [0.25, 0.3) is 0 Å². The summed E-state index contributed by atoms with van der Waals surface area (Å²) in [5.74, 6) is -0.0750. The molecule has 3 aromatic rings. The standard InChI is InChI=1S/C29H31FN2O5/c1-18-5-9-20(10-6-18)29(34)32-16-23(21-13-25(35-2)27(37-4)26(14-21)36-3)24(17-32)28(33)31-15-19-7-11-22(30)12-8-19/h5-14,23-24H,15-17H2,1-4H3,(H,31,33)/t23-,24-/m0/s1. The van der Waals surface area contributed by atoms with Crippen LogP contribution in [0, 0.1) is 18.7 Å². The first-order valence-corrected chi connectivity index (χ1v) is 12.0. The van der Waals surface area contributed by atoms with Gasteiger partial charge in [-0.2, -0.15) is 0 Å². The molecule has 0 bridgehead atoms. The molecule has 1 aliphatic rings. The monoisotopic (exact) mass is 506 g/mol. The van der Waals surface area contributed by atoms with Crippen molar-refractivity contribution in [3.05, 3.63) is 88.7 Å². The van der Waals surface area contributed by atoms with E-state index in [0.29, 0.717) is 29.4 Å². The summed E-state index contributed by atoms with van der Waals surface area (Å²) in [5, 5.41) is 2.96. The lowest BCUT2D eigenvalue weighted by atomic mass is 9.87. The molecule has 4 rings (SSSR count). The first-order chi connectivity index (χ1) is 17.8. The van der Waals surface area contributed by atoms with Gasteiger partial charge in [0.25, 0.3) is 5.91 Å². The van der Waals surface area contributed by atoms with Crippen molar-refractivity contribution in [3.63, 3.8) is 0 Å². The second kappa shape index (κ2) is 11.3. The van der Waals surface area contributed by atoms with Gasteiger partial charge >= 0.3 is 0 Å². The Labute approximate surface area is 216 Å². The van der Waals surface area contributed by atoms with Gasteiger partial charge in [-0.05, 0) is 54.4 Å². The maximum atomic E-state index is 13.4. The summed E-state index contributed by atoms with van der Waals surface area (Å²) in [6, 6.07) is 17.0. The summed E-state index contributed by atoms with van der Waals surface area (Å²) in [6.07, 6.45) is 0. The molecule has 0 aromatic heterocycles. The minimum Gasteiger partial charge on any atom is -0.493 e. The third-order valence-electron chi connectivity index (χ3n) is 6.74. The highest BCUT2D eigenvalue weighted by molar-refractivity contribution is 5.95. The van der Waals surface area contributed by atoms with Gasteiger partial charge in [-0.25, -0.2) is 4.39 Å². The van der Waals surface area contributed by atoms with Gasteiger partial charge in [0.15, 0.2) is 11.5 Å². The third kappa shape index (κ3) is 5.69. The van der Waals surface area contributed by atoms with Crippen LogP contribution in [0.3, 0.4) is 0 Å². The molecule has 2 atom stereocenters. The van der Waals surface area contributed by atoms with E-state index in [1.807, 2.05) is 31.2 Å². The van der Waals surface area contributed by atoms with Crippen molar-refractivity contribution >= 4 is 11.8 Å². The predicted molar refractivity (Wildman–Crippen MR) is 138 cm³/mol. The van der Waals surface area contributed by atoms with Crippen molar-refractivity contribution in [2.24, 2.45) is 5.92 Å². The van der Waals surface area contributed by atoms with E-state index in [-0.39, 0.29) is 36.6 Å². The Balaban J connectivity index is 1.64. The zero-order valence-corrected chi connectivity index (χ0v) is 21.4. The number of rotatable bonds is 8. The number of carbonyl (C=O) groups is 2. The van der Waals surface area contributed by atoms with Crippen molar-refractivity contribution in [1.82, 2.24) is 10.2 Å². The van der Waals surface area contributed by atoms with Gasteiger partial charge in [0.05, 0.1) is 27.2 Å². The Morgan fingerprint density at radius 1 is 0.919 bits per heavy atom. The fourth-order valence-corrected chi connectivity index (χ4v) is 4.69. The molecule has 1 aliphatic heterocycles. The molecule has 37 heavy (non-hydrogen) atoms. The highest BCUT2D eigenvalue weighted by Crippen LogP contribution is 2.43. The number of carbonyl (C=O) groups excluding carboxylic acids is 2. The minimum absolute atomic E-state index is 0.133. The van der Waals surface area contributed by atoms with Gasteiger partial charge in [0.1, 0.15) is 5.82 Å². The third-order valence-corrected chi connectivity index (χ3v) is 6.74. The maximum absolute atomic E-state index is 13.4. The molecule has 0 saturated carbocycles. The summed E-state index contributed by atoms with van der Waals surface area (Å²) < 4.78 is 29.8. The molecule has 0 spiro atoms. The van der Waals surface area contributed by atoms with Gasteiger partial charge in [0, 0.05) is 31.1 Å². The average Bonchev–Trinajstić information content (AvgIpc) is 3.37. The minimum atomic E-state index is -0.516. The normalized spacial score (nSPS) is 16.8. The molecular formula is C29H31FN2O5. The van der Waals surface area contributed by atoms with Gasteiger partial charge in [0.2, 0.25) is 11.7 Å². The van der Waals surface area contributed by atoms with E-state index in [2.05, 4.69) is 5.32 Å². The van der Waals surface area contributed by atoms with Crippen LogP contribution < -0.4 is 19.5 Å². The number of nitrogens with zero attached hydrogens (tertiary/aromatic N) is 1. The topological polar surface area (TPSA) is 77.1 Å². The van der Waals surface area contributed by atoms with Crippen LogP contribution in [-0.2, 0) is 11.3 Å². The SMILES string of the molecule is COc1cc([C@@H]2CN(C(=O)c3ccc(C)cc3)C[C@@H]2C(=O)NCc2ccc(F)cc2)cc(OC)c1OC. The van der Waals surface area contributed by atoms with E-state index in [0.717, 1.165) is 16.7 Å². The van der Waals surface area contributed by atoms with E-state index in [4.69, 9.17) is 14.2 Å². The molecule has 0 unspecified atom stereocenters. The lowest BCUT2D eigenvalue weighted by Crippen LogP contribution is -2.35. The fourth-order valence-electron chi connectivity index (χ4n) is 4.69. The largest absolute Gasteiger partial charge is 0.493 e. The molecule has 0 aliphatic carbocycles. The van der Waals surface area contributed by atoms with Crippen LogP contribution in [0.2, 0.25) is 0 Å². The Kier molecular flexibility index (Phi) is 7.96. The van der Waals surface area contributed by atoms with Gasteiger partial charge in [-0.15, -0.1) is 0 Å². The van der Waals surface area contributed by atoms with Gasteiger partial charge < -0.3 is 24.4 Å². The van der Waals surface area contributed by atoms with Crippen molar-refractivity contribution in [1.29, 1.82) is 0 Å². The number of halogens is 1. The first kappa shape index (κ1) is 26.0. The molecule has 7 nitrogen and oxygen atoms in total. The highest BCUT2D eigenvalue weighted by atomic mass is 19.1. The number of hydrogen-bond donors (Lipinski definition) is 1. The number of nitrogens with one attached hydrogen (secondary N) is 1. The Morgan fingerprint density at radius 3 is 2.11 bits per heavy atom. The van der Waals surface area contributed by atoms with E-state index < -0.39 is 5.92 Å². The van der Waals surface area contributed by atoms with Crippen LogP contribution in [0.1, 0.15) is 33.0 Å². The molecule has 8 heteroatoms. The van der Waals surface area contributed by atoms with Crippen molar-refractivity contribution < 1.29 is 28.2 Å². The van der Waals surface area contributed by atoms with Crippen LogP contribution in [0.15, 0.2) is 60.7 Å². The highest BCUT2D eigenvalue weighted by Gasteiger charge is 2.41. The smallest absolute Gasteiger partial charge is 0.253 e. The molecule has 194 valence electrons. The van der Waals surface area contributed by atoms with Crippen LogP contribution in [-0.4, -0.2) is 51.1 Å². The zero-order valence-electron chi connectivity index (χ0n) is 21.4. The molecule has 1 saturated heterocycles. The van der Waals surface area contributed by atoms with Crippen LogP contribution >= 0.6 is 0 Å². The number of methoxy groups -OCH3 is 3. The van der Waals surface area contributed by atoms with Crippen LogP contribution in [0.5, 0.6) is 17.2 Å². The van der Waals surface area contributed by atoms with Crippen LogP contribution in [0.4, 0.5) is 4.39 Å². The zero-order chi connectivity index (χ0) is 26.5. The Hall–Kier alpha value is -4.07. The summed E-state index contributed by atoms with van der Waals surface area (Å²) in [7, 11) is 4.61. The van der Waals surface area contributed by atoms with E-state index >= 15 is 0 Å². The number of likely N-dealkylation sites (tertiary alicyclic amines) is 1. The number of benzene rings is 3.